The van der Waals surface area contributed by atoms with Crippen LogP contribution in [0.2, 0.25) is 0 Å². The molecule has 3 aromatic rings. The highest BCUT2D eigenvalue weighted by Gasteiger charge is 2.61. The summed E-state index contributed by atoms with van der Waals surface area (Å²) < 4.78 is 71.5. The third kappa shape index (κ3) is 10.0. The number of hydrogen-bond acceptors (Lipinski definition) is 12. The fourth-order valence-corrected chi connectivity index (χ4v) is 7.33. The molecule has 12 heteroatoms. The number of carbonyl (C=O) groups is 1. The third-order valence-electron chi connectivity index (χ3n) is 10.1. The Kier molecular flexibility index (Phi) is 12.6. The Morgan fingerprint density at radius 3 is 1.79 bits per heavy atom. The number of carbonyl (C=O) groups excluding carboxylic acids is 1. The Hall–Kier alpha value is -3.27. The van der Waals surface area contributed by atoms with Crippen LogP contribution in [0.1, 0.15) is 65.2 Å². The van der Waals surface area contributed by atoms with Gasteiger partial charge in [-0.15, -0.1) is 0 Å². The van der Waals surface area contributed by atoms with Crippen molar-refractivity contribution < 1.29 is 56.9 Å². The Balaban J connectivity index is 1.25. The van der Waals surface area contributed by atoms with Crippen LogP contribution < -0.4 is 0 Å². The summed E-state index contributed by atoms with van der Waals surface area (Å²) in [5.74, 6) is -2.23. The average molecular weight is 777 g/mol. The number of fused-ring (bicyclic) bond motifs is 1. The lowest BCUT2D eigenvalue weighted by Gasteiger charge is -2.47. The molecule has 12 nitrogen and oxygen atoms in total. The Morgan fingerprint density at radius 1 is 0.661 bits per heavy atom. The molecular weight excluding hydrogens is 720 g/mol. The monoisotopic (exact) mass is 776 g/mol. The molecule has 4 heterocycles. The molecular formula is C44H56O12. The van der Waals surface area contributed by atoms with Crippen molar-refractivity contribution in [3.63, 3.8) is 0 Å². The van der Waals surface area contributed by atoms with Crippen molar-refractivity contribution in [3.8, 4) is 0 Å². The Labute approximate surface area is 329 Å². The topological polar surface area (TPSA) is 119 Å². The van der Waals surface area contributed by atoms with E-state index in [9.17, 15) is 4.79 Å². The molecule has 4 saturated heterocycles. The molecule has 0 aliphatic carbocycles. The summed E-state index contributed by atoms with van der Waals surface area (Å²) in [6.45, 7) is 13.9. The summed E-state index contributed by atoms with van der Waals surface area (Å²) in [6.07, 6.45) is -7.99. The number of esters is 1. The van der Waals surface area contributed by atoms with Crippen LogP contribution in [0.5, 0.6) is 0 Å². The van der Waals surface area contributed by atoms with Crippen molar-refractivity contribution in [2.45, 2.75) is 141 Å². The predicted octanol–water partition coefficient (Wildman–Crippen LogP) is 6.47. The number of rotatable bonds is 14. The fraction of sp³-hybridized carbons (Fsp3) is 0.568. The molecule has 10 atom stereocenters. The van der Waals surface area contributed by atoms with Gasteiger partial charge >= 0.3 is 5.97 Å². The van der Waals surface area contributed by atoms with Gasteiger partial charge in [0.25, 0.3) is 0 Å². The van der Waals surface area contributed by atoms with Crippen molar-refractivity contribution in [2.75, 3.05) is 13.2 Å². The highest BCUT2D eigenvalue weighted by atomic mass is 16.9. The molecule has 7 rings (SSSR count). The predicted molar refractivity (Wildman–Crippen MR) is 203 cm³/mol. The first-order valence-electron chi connectivity index (χ1n) is 19.5. The molecule has 4 aliphatic heterocycles. The van der Waals surface area contributed by atoms with Gasteiger partial charge in [0, 0.05) is 0 Å². The molecule has 0 bridgehead atoms. The minimum absolute atomic E-state index is 0.121. The number of ether oxygens (including phenoxy) is 11. The molecule has 0 saturated carbocycles. The van der Waals surface area contributed by atoms with Crippen LogP contribution in [0.25, 0.3) is 0 Å². The molecule has 0 amide bonds. The first-order valence-corrected chi connectivity index (χ1v) is 19.5. The van der Waals surface area contributed by atoms with Gasteiger partial charge in [0.05, 0.1) is 38.4 Å². The minimum atomic E-state index is -1.18. The van der Waals surface area contributed by atoms with Gasteiger partial charge in [-0.25, -0.2) is 0 Å². The van der Waals surface area contributed by atoms with E-state index in [-0.39, 0.29) is 26.4 Å². The summed E-state index contributed by atoms with van der Waals surface area (Å²) in [6, 6.07) is 29.6. The summed E-state index contributed by atoms with van der Waals surface area (Å²) in [4.78, 5) is 13.9. The van der Waals surface area contributed by atoms with Crippen molar-refractivity contribution in [1.82, 2.24) is 0 Å². The van der Waals surface area contributed by atoms with E-state index in [1.54, 1.807) is 20.8 Å². The molecule has 0 radical (unpaired) electrons. The third-order valence-corrected chi connectivity index (χ3v) is 10.1. The molecule has 3 aromatic carbocycles. The lowest BCUT2D eigenvalue weighted by molar-refractivity contribution is -0.340. The smallest absolute Gasteiger partial charge is 0.311 e. The molecule has 0 N–H and O–H groups in total. The first kappa shape index (κ1) is 40.9. The molecule has 0 unspecified atom stereocenters. The summed E-state index contributed by atoms with van der Waals surface area (Å²) >= 11 is 0. The van der Waals surface area contributed by atoms with Gasteiger partial charge in [-0.05, 0) is 65.2 Å². The second kappa shape index (κ2) is 17.3. The maximum Gasteiger partial charge on any atom is 0.311 e. The molecule has 304 valence electrons. The first-order chi connectivity index (χ1) is 26.7. The zero-order chi connectivity index (χ0) is 39.5. The summed E-state index contributed by atoms with van der Waals surface area (Å²) in [5.41, 5.74) is 2.04. The van der Waals surface area contributed by atoms with Crippen LogP contribution in [0.15, 0.2) is 91.0 Å². The largest absolute Gasteiger partial charge is 0.454 e. The maximum atomic E-state index is 13.9. The number of benzene rings is 3. The van der Waals surface area contributed by atoms with Crippen molar-refractivity contribution >= 4 is 5.97 Å². The van der Waals surface area contributed by atoms with Gasteiger partial charge in [-0.3, -0.25) is 4.79 Å². The van der Waals surface area contributed by atoms with Gasteiger partial charge < -0.3 is 52.1 Å². The van der Waals surface area contributed by atoms with Gasteiger partial charge in [0.1, 0.15) is 42.7 Å². The lowest BCUT2D eigenvalue weighted by atomic mass is 9.95. The van der Waals surface area contributed by atoms with Crippen molar-refractivity contribution in [2.24, 2.45) is 5.41 Å². The van der Waals surface area contributed by atoms with Gasteiger partial charge in [0.2, 0.25) is 0 Å². The van der Waals surface area contributed by atoms with Crippen molar-refractivity contribution in [3.05, 3.63) is 108 Å². The van der Waals surface area contributed by atoms with E-state index in [0.29, 0.717) is 6.61 Å². The summed E-state index contributed by atoms with van der Waals surface area (Å²) in [7, 11) is 0. The van der Waals surface area contributed by atoms with Gasteiger partial charge in [0.15, 0.2) is 30.3 Å². The van der Waals surface area contributed by atoms with E-state index in [2.05, 4.69) is 0 Å². The van der Waals surface area contributed by atoms with E-state index in [1.165, 1.54) is 0 Å². The Bertz CT molecular complexity index is 1700. The lowest BCUT2D eigenvalue weighted by Crippen LogP contribution is -2.64. The van der Waals surface area contributed by atoms with Gasteiger partial charge in [-0.2, -0.15) is 0 Å². The average Bonchev–Trinajstić information content (AvgIpc) is 3.80. The standard InChI is InChI=1S/C44H56O12/c1-42(2,3)41(45)53-37-35(48-25-30-21-15-10-16-22-30)33(47-24-29-19-13-9-14-20-29)31(26-46-23-28-17-11-8-12-18-28)50-39(37)52-36-34(32-27-49-43(4,5)54-32)51-40-38(36)55-44(6,7)56-40/h8-22,31-40H,23-27H2,1-7H3/t31-,32+,33-,34-,35+,36+,37-,38-,39+,40-/m1/s1. The van der Waals surface area contributed by atoms with E-state index in [1.807, 2.05) is 119 Å². The number of hydrogen-bond donors (Lipinski definition) is 0. The quantitative estimate of drug-likeness (QED) is 0.167. The zero-order valence-electron chi connectivity index (χ0n) is 33.4. The van der Waals surface area contributed by atoms with Crippen LogP contribution in [0.3, 0.4) is 0 Å². The SMILES string of the molecule is CC1(C)O[C@H]2O[C@H]([C@@H]3COC(C)(C)O3)[C@H](O[C@@H]3O[C@H](COCc4ccccc4)[C@@H](OCc4ccccc4)[C@H](OCc4ccccc4)[C@H]3OC(=O)C(C)(C)C)[C@H]2O1. The van der Waals surface area contributed by atoms with E-state index < -0.39 is 84.4 Å². The van der Waals surface area contributed by atoms with E-state index >= 15 is 0 Å². The highest BCUT2D eigenvalue weighted by Crippen LogP contribution is 2.44. The van der Waals surface area contributed by atoms with Crippen LogP contribution in [0.4, 0.5) is 0 Å². The van der Waals surface area contributed by atoms with E-state index in [0.717, 1.165) is 16.7 Å². The molecule has 0 aromatic heterocycles. The summed E-state index contributed by atoms with van der Waals surface area (Å²) in [5, 5.41) is 0. The van der Waals surface area contributed by atoms with Crippen LogP contribution in [0, 0.1) is 5.41 Å². The Morgan fingerprint density at radius 2 is 1.23 bits per heavy atom. The second-order valence-electron chi connectivity index (χ2n) is 16.7. The minimum Gasteiger partial charge on any atom is -0.454 e. The van der Waals surface area contributed by atoms with Crippen LogP contribution in [-0.2, 0) is 76.7 Å². The molecule has 56 heavy (non-hydrogen) atoms. The fourth-order valence-electron chi connectivity index (χ4n) is 7.33. The molecule has 0 spiro atoms. The van der Waals surface area contributed by atoms with Crippen molar-refractivity contribution in [1.29, 1.82) is 0 Å². The van der Waals surface area contributed by atoms with E-state index in [4.69, 9.17) is 52.1 Å². The van der Waals surface area contributed by atoms with Gasteiger partial charge in [-0.1, -0.05) is 91.0 Å². The highest BCUT2D eigenvalue weighted by molar-refractivity contribution is 5.75. The second-order valence-corrected chi connectivity index (χ2v) is 16.7. The van der Waals surface area contributed by atoms with Crippen LogP contribution in [-0.4, -0.2) is 92.2 Å². The maximum absolute atomic E-state index is 13.9. The molecule has 4 aliphatic rings. The van der Waals surface area contributed by atoms with Crippen LogP contribution >= 0.6 is 0 Å². The normalized spacial score (nSPS) is 32.3. The zero-order valence-corrected chi connectivity index (χ0v) is 33.4. The molecule has 4 fully saturated rings.